The Labute approximate surface area is 80.0 Å². The van der Waals surface area contributed by atoms with Crippen LogP contribution >= 0.6 is 0 Å². The van der Waals surface area contributed by atoms with Crippen LogP contribution in [0.2, 0.25) is 0 Å². The Kier molecular flexibility index (Phi) is 2.10. The molecule has 1 aromatic rings. The molecule has 1 saturated carbocycles. The highest BCUT2D eigenvalue weighted by Crippen LogP contribution is 2.27. The molecule has 0 atom stereocenters. The van der Waals surface area contributed by atoms with Gasteiger partial charge in [-0.3, -0.25) is 0 Å². The average molecular weight is 170 g/mol. The summed E-state index contributed by atoms with van der Waals surface area (Å²) in [6.45, 7) is 4.28. The molecule has 0 aromatic heterocycles. The molecule has 0 amide bonds. The van der Waals surface area contributed by atoms with Crippen molar-refractivity contribution in [3.63, 3.8) is 0 Å². The Morgan fingerprint density at radius 3 is 2.69 bits per heavy atom. The Morgan fingerprint density at radius 1 is 1.23 bits per heavy atom. The number of hydrogen-bond donors (Lipinski definition) is 0. The minimum absolute atomic E-state index is 0.694. The zero-order valence-electron chi connectivity index (χ0n) is 8.22. The van der Waals surface area contributed by atoms with Gasteiger partial charge in [-0.2, -0.15) is 0 Å². The van der Waals surface area contributed by atoms with Crippen LogP contribution in [0.15, 0.2) is 18.2 Å². The molecule has 0 spiro atoms. The van der Waals surface area contributed by atoms with Crippen molar-refractivity contribution in [1.29, 1.82) is 0 Å². The van der Waals surface area contributed by atoms with E-state index in [1.165, 1.54) is 29.5 Å². The number of hydrogen-bond acceptors (Lipinski definition) is 0. The smallest absolute Gasteiger partial charge is 0.0277 e. The Hall–Kier alpha value is -1.22. The first-order valence-corrected chi connectivity index (χ1v) is 4.85. The fourth-order valence-electron chi connectivity index (χ4n) is 1.29. The summed E-state index contributed by atoms with van der Waals surface area (Å²) in [7, 11) is 0. The van der Waals surface area contributed by atoms with E-state index >= 15 is 0 Å². The predicted molar refractivity (Wildman–Crippen MR) is 55.5 cm³/mol. The van der Waals surface area contributed by atoms with Gasteiger partial charge in [-0.25, -0.2) is 0 Å². The lowest BCUT2D eigenvalue weighted by atomic mass is 10.0. The molecule has 1 fully saturated rings. The van der Waals surface area contributed by atoms with E-state index in [4.69, 9.17) is 0 Å². The molecule has 0 N–H and O–H groups in total. The first-order chi connectivity index (χ1) is 6.27. The molecule has 0 aliphatic heterocycles. The molecule has 0 saturated heterocycles. The summed E-state index contributed by atoms with van der Waals surface area (Å²) < 4.78 is 0. The summed E-state index contributed by atoms with van der Waals surface area (Å²) in [5.41, 5.74) is 3.87. The molecule has 1 aliphatic carbocycles. The molecule has 0 nitrogen and oxygen atoms in total. The van der Waals surface area contributed by atoms with E-state index in [0.29, 0.717) is 5.92 Å². The van der Waals surface area contributed by atoms with Crippen LogP contribution in [0.25, 0.3) is 0 Å². The quantitative estimate of drug-likeness (QED) is 0.525. The monoisotopic (exact) mass is 170 g/mol. The Morgan fingerprint density at radius 2 is 2.00 bits per heavy atom. The minimum atomic E-state index is 0.694. The summed E-state index contributed by atoms with van der Waals surface area (Å²) in [6.07, 6.45) is 2.61. The van der Waals surface area contributed by atoms with Gasteiger partial charge in [0, 0.05) is 11.5 Å². The molecule has 2 rings (SSSR count). The van der Waals surface area contributed by atoms with E-state index in [-0.39, 0.29) is 0 Å². The minimum Gasteiger partial charge on any atom is -0.0945 e. The maximum Gasteiger partial charge on any atom is 0.0277 e. The van der Waals surface area contributed by atoms with Crippen molar-refractivity contribution in [1.82, 2.24) is 0 Å². The van der Waals surface area contributed by atoms with E-state index in [1.54, 1.807) is 0 Å². The van der Waals surface area contributed by atoms with Crippen LogP contribution in [-0.2, 0) is 0 Å². The lowest BCUT2D eigenvalue weighted by Gasteiger charge is -2.00. The van der Waals surface area contributed by atoms with Crippen LogP contribution in [0.1, 0.15) is 29.5 Å². The van der Waals surface area contributed by atoms with Gasteiger partial charge in [-0.15, -0.1) is 0 Å². The van der Waals surface area contributed by atoms with Gasteiger partial charge in [0.15, 0.2) is 0 Å². The van der Waals surface area contributed by atoms with Gasteiger partial charge in [0.05, 0.1) is 0 Å². The normalized spacial score (nSPS) is 14.9. The molecule has 0 heteroatoms. The Bertz CT molecular complexity index is 373. The van der Waals surface area contributed by atoms with E-state index in [2.05, 4.69) is 43.9 Å². The van der Waals surface area contributed by atoms with E-state index in [0.717, 1.165) is 0 Å². The summed E-state index contributed by atoms with van der Waals surface area (Å²) in [5.74, 6) is 7.25. The molecular weight excluding hydrogens is 156 g/mol. The number of aryl methyl sites for hydroxylation is 1. The summed E-state index contributed by atoms with van der Waals surface area (Å²) in [4.78, 5) is 0. The first-order valence-electron chi connectivity index (χ1n) is 4.85. The van der Waals surface area contributed by atoms with Gasteiger partial charge in [0.25, 0.3) is 0 Å². The topological polar surface area (TPSA) is 0 Å². The number of rotatable bonds is 0. The molecule has 0 heterocycles. The summed E-state index contributed by atoms with van der Waals surface area (Å²) in [6, 6.07) is 6.33. The highest BCUT2D eigenvalue weighted by molar-refractivity contribution is 5.44. The SMILES string of the molecule is Cc1cccc(C#CC2CC2)c1C. The molecule has 13 heavy (non-hydrogen) atoms. The van der Waals surface area contributed by atoms with E-state index < -0.39 is 0 Å². The molecule has 66 valence electrons. The van der Waals surface area contributed by atoms with Crippen molar-refractivity contribution in [2.75, 3.05) is 0 Å². The van der Waals surface area contributed by atoms with E-state index in [9.17, 15) is 0 Å². The third kappa shape index (κ3) is 1.92. The van der Waals surface area contributed by atoms with Gasteiger partial charge in [0.1, 0.15) is 0 Å². The average Bonchev–Trinajstić information content (AvgIpc) is 2.91. The maximum absolute atomic E-state index is 3.29. The van der Waals surface area contributed by atoms with Crippen molar-refractivity contribution in [2.24, 2.45) is 5.92 Å². The van der Waals surface area contributed by atoms with Crippen molar-refractivity contribution < 1.29 is 0 Å². The third-order valence-electron chi connectivity index (χ3n) is 2.59. The van der Waals surface area contributed by atoms with Gasteiger partial charge < -0.3 is 0 Å². The molecule has 0 bridgehead atoms. The van der Waals surface area contributed by atoms with Gasteiger partial charge >= 0.3 is 0 Å². The van der Waals surface area contributed by atoms with Gasteiger partial charge in [0.2, 0.25) is 0 Å². The first kappa shape index (κ1) is 8.38. The molecule has 0 radical (unpaired) electrons. The second kappa shape index (κ2) is 3.26. The summed E-state index contributed by atoms with van der Waals surface area (Å²) >= 11 is 0. The van der Waals surface area contributed by atoms with Crippen LogP contribution in [0.3, 0.4) is 0 Å². The van der Waals surface area contributed by atoms with Crippen LogP contribution in [-0.4, -0.2) is 0 Å². The zero-order valence-corrected chi connectivity index (χ0v) is 8.22. The van der Waals surface area contributed by atoms with E-state index in [1.807, 2.05) is 0 Å². The highest BCUT2D eigenvalue weighted by atomic mass is 14.2. The second-order valence-electron chi connectivity index (χ2n) is 3.79. The maximum atomic E-state index is 3.29. The lowest BCUT2D eigenvalue weighted by Crippen LogP contribution is -1.85. The van der Waals surface area contributed by atoms with Gasteiger partial charge in [-0.1, -0.05) is 24.0 Å². The molecular formula is C13H14. The summed E-state index contributed by atoms with van der Waals surface area (Å²) in [5, 5.41) is 0. The molecule has 1 aliphatic rings. The second-order valence-corrected chi connectivity index (χ2v) is 3.79. The van der Waals surface area contributed by atoms with Crippen LogP contribution < -0.4 is 0 Å². The van der Waals surface area contributed by atoms with Crippen molar-refractivity contribution in [3.8, 4) is 11.8 Å². The van der Waals surface area contributed by atoms with Crippen LogP contribution in [0.4, 0.5) is 0 Å². The van der Waals surface area contributed by atoms with Crippen molar-refractivity contribution >= 4 is 0 Å². The van der Waals surface area contributed by atoms with Crippen LogP contribution in [0.5, 0.6) is 0 Å². The predicted octanol–water partition coefficient (Wildman–Crippen LogP) is 3.06. The zero-order chi connectivity index (χ0) is 9.26. The largest absolute Gasteiger partial charge is 0.0945 e. The third-order valence-corrected chi connectivity index (χ3v) is 2.59. The van der Waals surface area contributed by atoms with Gasteiger partial charge in [-0.05, 0) is 43.9 Å². The van der Waals surface area contributed by atoms with Crippen molar-refractivity contribution in [2.45, 2.75) is 26.7 Å². The standard InChI is InChI=1S/C13H14/c1-10-4-3-5-13(11(10)2)9-8-12-6-7-12/h3-5,12H,6-7H2,1-2H3. The number of benzene rings is 1. The lowest BCUT2D eigenvalue weighted by molar-refractivity contribution is 1.18. The fourth-order valence-corrected chi connectivity index (χ4v) is 1.29. The fraction of sp³-hybridized carbons (Fsp3) is 0.385. The van der Waals surface area contributed by atoms with Crippen LogP contribution in [0, 0.1) is 31.6 Å². The van der Waals surface area contributed by atoms with Crippen molar-refractivity contribution in [3.05, 3.63) is 34.9 Å². The highest BCUT2D eigenvalue weighted by Gasteiger charge is 2.17. The Balaban J connectivity index is 2.30. The molecule has 1 aromatic carbocycles. The molecule has 0 unspecified atom stereocenters.